The van der Waals surface area contributed by atoms with E-state index in [0.29, 0.717) is 6.54 Å². The van der Waals surface area contributed by atoms with E-state index in [1.807, 2.05) is 6.20 Å². The Labute approximate surface area is 120 Å². The van der Waals surface area contributed by atoms with E-state index in [1.165, 1.54) is 31.3 Å². The van der Waals surface area contributed by atoms with Gasteiger partial charge in [0.15, 0.2) is 0 Å². The van der Waals surface area contributed by atoms with Crippen LogP contribution >= 0.6 is 0 Å². The third-order valence-corrected chi connectivity index (χ3v) is 4.74. The zero-order chi connectivity index (χ0) is 14.2. The Morgan fingerprint density at radius 2 is 2.25 bits per heavy atom. The summed E-state index contributed by atoms with van der Waals surface area (Å²) in [6.45, 7) is 3.57. The smallest absolute Gasteiger partial charge is 0.208 e. The predicted octanol–water partition coefficient (Wildman–Crippen LogP) is 0.589. The van der Waals surface area contributed by atoms with Gasteiger partial charge in [-0.25, -0.2) is 13.1 Å². The highest BCUT2D eigenvalue weighted by Crippen LogP contribution is 2.32. The second kappa shape index (κ2) is 5.46. The molecule has 2 heterocycles. The van der Waals surface area contributed by atoms with Crippen molar-refractivity contribution in [2.24, 2.45) is 5.92 Å². The normalized spacial score (nSPS) is 23.8. The Balaban J connectivity index is 1.62. The number of rotatable bonds is 6. The second-order valence-electron chi connectivity index (χ2n) is 6.01. The van der Waals surface area contributed by atoms with Gasteiger partial charge in [-0.3, -0.25) is 9.58 Å². The number of nitrogens with zero attached hydrogens (tertiary/aromatic N) is 3. The van der Waals surface area contributed by atoms with Crippen molar-refractivity contribution in [1.29, 1.82) is 0 Å². The summed E-state index contributed by atoms with van der Waals surface area (Å²) in [6, 6.07) is 2.33. The number of fused-ring (bicyclic) bond motifs is 1. The van der Waals surface area contributed by atoms with Crippen molar-refractivity contribution in [3.8, 4) is 0 Å². The highest BCUT2D eigenvalue weighted by Gasteiger charge is 2.30. The zero-order valence-corrected chi connectivity index (χ0v) is 12.6. The van der Waals surface area contributed by atoms with Crippen LogP contribution in [0.5, 0.6) is 0 Å². The van der Waals surface area contributed by atoms with Crippen LogP contribution in [0.2, 0.25) is 0 Å². The van der Waals surface area contributed by atoms with Crippen LogP contribution in [0.1, 0.15) is 31.0 Å². The summed E-state index contributed by atoms with van der Waals surface area (Å²) in [6.07, 6.45) is 6.54. The standard InChI is InChI=1S/C13H22N4O2S/c1-20(18,19)15-7-5-13-10-16(8-11-2-3-11)9-12-4-6-14-17(12)13/h4,6,11,13,15H,2-3,5,7-10H2,1H3/t13-/m1/s1. The van der Waals surface area contributed by atoms with Crippen molar-refractivity contribution in [2.45, 2.75) is 31.8 Å². The molecule has 112 valence electrons. The molecule has 1 aromatic rings. The highest BCUT2D eigenvalue weighted by atomic mass is 32.2. The number of hydrogen-bond acceptors (Lipinski definition) is 4. The van der Waals surface area contributed by atoms with Crippen molar-refractivity contribution in [1.82, 2.24) is 19.4 Å². The van der Waals surface area contributed by atoms with Crippen LogP contribution < -0.4 is 4.72 Å². The maximum atomic E-state index is 11.1. The molecule has 6 nitrogen and oxygen atoms in total. The summed E-state index contributed by atoms with van der Waals surface area (Å²) in [5.41, 5.74) is 1.24. The van der Waals surface area contributed by atoms with Crippen LogP contribution in [0.15, 0.2) is 12.3 Å². The van der Waals surface area contributed by atoms with Crippen LogP contribution in [0.4, 0.5) is 0 Å². The van der Waals surface area contributed by atoms with E-state index in [4.69, 9.17) is 0 Å². The second-order valence-corrected chi connectivity index (χ2v) is 7.85. The van der Waals surface area contributed by atoms with Gasteiger partial charge >= 0.3 is 0 Å². The molecule has 0 spiro atoms. The van der Waals surface area contributed by atoms with E-state index in [-0.39, 0.29) is 6.04 Å². The average Bonchev–Trinajstić information content (AvgIpc) is 3.03. The number of sulfonamides is 1. The molecule has 1 saturated carbocycles. The van der Waals surface area contributed by atoms with Crippen LogP contribution in [0.3, 0.4) is 0 Å². The number of nitrogens with one attached hydrogen (secondary N) is 1. The largest absolute Gasteiger partial charge is 0.295 e. The first-order valence-electron chi connectivity index (χ1n) is 7.20. The molecular formula is C13H22N4O2S. The topological polar surface area (TPSA) is 67.2 Å². The van der Waals surface area contributed by atoms with Gasteiger partial charge in [0.1, 0.15) is 0 Å². The Morgan fingerprint density at radius 1 is 1.45 bits per heavy atom. The Kier molecular flexibility index (Phi) is 3.83. The van der Waals surface area contributed by atoms with E-state index in [2.05, 4.69) is 25.5 Å². The van der Waals surface area contributed by atoms with Gasteiger partial charge < -0.3 is 0 Å². The molecule has 0 radical (unpaired) electrons. The van der Waals surface area contributed by atoms with E-state index < -0.39 is 10.0 Å². The molecule has 1 aliphatic heterocycles. The van der Waals surface area contributed by atoms with Gasteiger partial charge in [-0.1, -0.05) is 0 Å². The molecule has 1 N–H and O–H groups in total. The fourth-order valence-electron chi connectivity index (χ4n) is 2.89. The zero-order valence-electron chi connectivity index (χ0n) is 11.8. The van der Waals surface area contributed by atoms with Gasteiger partial charge in [0.2, 0.25) is 10.0 Å². The molecule has 0 saturated heterocycles. The first-order valence-corrected chi connectivity index (χ1v) is 9.10. The predicted molar refractivity (Wildman–Crippen MR) is 76.7 cm³/mol. The summed E-state index contributed by atoms with van der Waals surface area (Å²) in [5, 5.41) is 4.40. The van der Waals surface area contributed by atoms with Crippen molar-refractivity contribution in [2.75, 3.05) is 25.9 Å². The van der Waals surface area contributed by atoms with E-state index in [0.717, 1.165) is 25.4 Å². The molecule has 0 aromatic carbocycles. The lowest BCUT2D eigenvalue weighted by Gasteiger charge is -2.34. The highest BCUT2D eigenvalue weighted by molar-refractivity contribution is 7.88. The minimum Gasteiger partial charge on any atom is -0.295 e. The summed E-state index contributed by atoms with van der Waals surface area (Å²) < 4.78 is 26.9. The first kappa shape index (κ1) is 14.0. The fraction of sp³-hybridized carbons (Fsp3) is 0.769. The lowest BCUT2D eigenvalue weighted by atomic mass is 10.1. The molecule has 20 heavy (non-hydrogen) atoms. The quantitative estimate of drug-likeness (QED) is 0.834. The fourth-order valence-corrected chi connectivity index (χ4v) is 3.38. The molecule has 1 fully saturated rings. The Morgan fingerprint density at radius 3 is 2.95 bits per heavy atom. The molecule has 0 bridgehead atoms. The lowest BCUT2D eigenvalue weighted by Crippen LogP contribution is -2.40. The minimum atomic E-state index is -3.10. The Hall–Kier alpha value is -0.920. The van der Waals surface area contributed by atoms with Crippen LogP contribution in [-0.2, 0) is 16.6 Å². The monoisotopic (exact) mass is 298 g/mol. The van der Waals surface area contributed by atoms with Crippen LogP contribution in [-0.4, -0.2) is 49.0 Å². The molecule has 7 heteroatoms. The van der Waals surface area contributed by atoms with Gasteiger partial charge in [-0.05, 0) is 31.2 Å². The van der Waals surface area contributed by atoms with Gasteiger partial charge in [0, 0.05) is 32.4 Å². The lowest BCUT2D eigenvalue weighted by molar-refractivity contribution is 0.163. The third kappa shape index (κ3) is 3.59. The molecule has 0 unspecified atom stereocenters. The molecule has 1 atom stereocenters. The molecule has 1 aliphatic carbocycles. The van der Waals surface area contributed by atoms with Gasteiger partial charge in [-0.2, -0.15) is 5.10 Å². The van der Waals surface area contributed by atoms with Gasteiger partial charge in [-0.15, -0.1) is 0 Å². The van der Waals surface area contributed by atoms with E-state index in [9.17, 15) is 8.42 Å². The summed E-state index contributed by atoms with van der Waals surface area (Å²) in [7, 11) is -3.10. The Bertz CT molecular complexity index is 565. The third-order valence-electron chi connectivity index (χ3n) is 4.01. The molecule has 1 aromatic heterocycles. The number of hydrogen-bond donors (Lipinski definition) is 1. The molecular weight excluding hydrogens is 276 g/mol. The average molecular weight is 298 g/mol. The molecule has 0 amide bonds. The SMILES string of the molecule is CS(=O)(=O)NCC[C@@H]1CN(CC2CC2)Cc2ccnn21. The maximum absolute atomic E-state index is 11.1. The summed E-state index contributed by atoms with van der Waals surface area (Å²) in [5.74, 6) is 0.874. The van der Waals surface area contributed by atoms with E-state index in [1.54, 1.807) is 0 Å². The van der Waals surface area contributed by atoms with Crippen molar-refractivity contribution in [3.63, 3.8) is 0 Å². The molecule has 3 rings (SSSR count). The first-order chi connectivity index (χ1) is 9.51. The minimum absolute atomic E-state index is 0.266. The van der Waals surface area contributed by atoms with Crippen molar-refractivity contribution in [3.05, 3.63) is 18.0 Å². The van der Waals surface area contributed by atoms with Crippen molar-refractivity contribution < 1.29 is 8.42 Å². The summed E-state index contributed by atoms with van der Waals surface area (Å²) >= 11 is 0. The number of aromatic nitrogens is 2. The van der Waals surface area contributed by atoms with Crippen LogP contribution in [0, 0.1) is 5.92 Å². The maximum Gasteiger partial charge on any atom is 0.208 e. The van der Waals surface area contributed by atoms with Gasteiger partial charge in [0.05, 0.1) is 18.0 Å². The van der Waals surface area contributed by atoms with Crippen molar-refractivity contribution >= 4 is 10.0 Å². The van der Waals surface area contributed by atoms with E-state index >= 15 is 0 Å². The molecule has 2 aliphatic rings. The van der Waals surface area contributed by atoms with Gasteiger partial charge in [0.25, 0.3) is 0 Å². The van der Waals surface area contributed by atoms with Crippen LogP contribution in [0.25, 0.3) is 0 Å². The summed E-state index contributed by atoms with van der Waals surface area (Å²) in [4.78, 5) is 2.49.